The minimum atomic E-state index is -1.17. The number of nitrogens with zero attached hydrogens (tertiary/aromatic N) is 2. The molecule has 7 heteroatoms. The molecule has 2 aromatic rings. The van der Waals surface area contributed by atoms with E-state index in [-0.39, 0.29) is 34.6 Å². The van der Waals surface area contributed by atoms with Gasteiger partial charge in [0.25, 0.3) is 0 Å². The van der Waals surface area contributed by atoms with Crippen LogP contribution in [0.4, 0.5) is 5.69 Å². The van der Waals surface area contributed by atoms with Gasteiger partial charge in [0.15, 0.2) is 5.78 Å². The Morgan fingerprint density at radius 2 is 1.89 bits per heavy atom. The summed E-state index contributed by atoms with van der Waals surface area (Å²) < 4.78 is 0. The van der Waals surface area contributed by atoms with Gasteiger partial charge in [0.2, 0.25) is 5.91 Å². The summed E-state index contributed by atoms with van der Waals surface area (Å²) in [6.07, 6.45) is 5.13. The molecule has 142 valence electrons. The zero-order valence-electron chi connectivity index (χ0n) is 14.9. The van der Waals surface area contributed by atoms with Crippen LogP contribution in [-0.2, 0) is 9.59 Å². The number of Topliss-reactive ketones (excluding diaryl/α,β-unsaturated/α-hetero) is 1. The number of aromatic nitrogens is 1. The van der Waals surface area contributed by atoms with Crippen molar-refractivity contribution >= 4 is 34.9 Å². The number of benzene rings is 1. The number of rotatable bonds is 3. The Balaban J connectivity index is 1.87. The maximum absolute atomic E-state index is 13.1. The van der Waals surface area contributed by atoms with Crippen molar-refractivity contribution in [2.24, 2.45) is 0 Å². The van der Waals surface area contributed by atoms with Crippen LogP contribution in [0.15, 0.2) is 54.0 Å². The number of halogens is 1. The lowest BCUT2D eigenvalue weighted by Gasteiger charge is -2.38. The van der Waals surface area contributed by atoms with E-state index in [0.717, 1.165) is 5.56 Å². The van der Waals surface area contributed by atoms with Gasteiger partial charge in [-0.1, -0.05) is 11.6 Å². The standard InChI is InChI=1S/C21H17ClN2O4/c22-16-5-4-13(10-15(16)21(27)28)24-17-2-1-3-18(25)20(17)14(11-19(24)26)12-6-8-23-9-7-12/h4-10,14H,1-3,11H2,(H,27,28). The molecule has 1 aromatic heterocycles. The third-order valence-electron chi connectivity index (χ3n) is 5.22. The Kier molecular flexibility index (Phi) is 4.73. The predicted molar refractivity (Wildman–Crippen MR) is 103 cm³/mol. The van der Waals surface area contributed by atoms with Gasteiger partial charge in [-0.2, -0.15) is 0 Å². The monoisotopic (exact) mass is 396 g/mol. The summed E-state index contributed by atoms with van der Waals surface area (Å²) in [5, 5.41) is 9.46. The second-order valence-electron chi connectivity index (χ2n) is 6.87. The molecule has 1 unspecified atom stereocenters. The third kappa shape index (κ3) is 3.10. The molecule has 2 heterocycles. The first-order valence-electron chi connectivity index (χ1n) is 8.99. The maximum Gasteiger partial charge on any atom is 0.337 e. The average molecular weight is 397 g/mol. The smallest absolute Gasteiger partial charge is 0.337 e. The maximum atomic E-state index is 13.1. The van der Waals surface area contributed by atoms with Gasteiger partial charge >= 0.3 is 5.97 Å². The number of carboxylic acid groups (broad SMARTS) is 1. The second kappa shape index (κ2) is 7.20. The number of hydrogen-bond donors (Lipinski definition) is 1. The van der Waals surface area contributed by atoms with Gasteiger partial charge in [0, 0.05) is 48.1 Å². The zero-order chi connectivity index (χ0) is 19.8. The number of carbonyl (C=O) groups is 3. The van der Waals surface area contributed by atoms with E-state index in [1.807, 2.05) is 12.1 Å². The minimum absolute atomic E-state index is 0.0352. The van der Waals surface area contributed by atoms with E-state index < -0.39 is 5.97 Å². The first-order valence-corrected chi connectivity index (χ1v) is 9.37. The van der Waals surface area contributed by atoms with E-state index in [1.54, 1.807) is 18.5 Å². The summed E-state index contributed by atoms with van der Waals surface area (Å²) in [5.74, 6) is -1.61. The highest BCUT2D eigenvalue weighted by Gasteiger charge is 2.39. The second-order valence-corrected chi connectivity index (χ2v) is 7.28. The zero-order valence-corrected chi connectivity index (χ0v) is 15.6. The van der Waals surface area contributed by atoms with Crippen LogP contribution in [0.3, 0.4) is 0 Å². The highest BCUT2D eigenvalue weighted by molar-refractivity contribution is 6.33. The molecule has 1 amide bonds. The Morgan fingerprint density at radius 1 is 1.14 bits per heavy atom. The highest BCUT2D eigenvalue weighted by atomic mass is 35.5. The normalized spacial score (nSPS) is 19.6. The van der Waals surface area contributed by atoms with Crippen LogP contribution in [0.1, 0.15) is 47.5 Å². The summed E-state index contributed by atoms with van der Waals surface area (Å²) in [7, 11) is 0. The van der Waals surface area contributed by atoms with E-state index in [0.29, 0.717) is 36.2 Å². The van der Waals surface area contributed by atoms with Crippen LogP contribution in [0.2, 0.25) is 5.02 Å². The highest BCUT2D eigenvalue weighted by Crippen LogP contribution is 2.43. The molecule has 0 fully saturated rings. The van der Waals surface area contributed by atoms with Crippen molar-refractivity contribution < 1.29 is 19.5 Å². The number of ketones is 1. The molecule has 1 aliphatic carbocycles. The number of anilines is 1. The fourth-order valence-electron chi connectivity index (χ4n) is 3.99. The van der Waals surface area contributed by atoms with E-state index >= 15 is 0 Å². The van der Waals surface area contributed by atoms with Crippen LogP contribution in [0, 0.1) is 0 Å². The van der Waals surface area contributed by atoms with Crippen molar-refractivity contribution in [3.05, 3.63) is 70.1 Å². The van der Waals surface area contributed by atoms with Gasteiger partial charge in [0.05, 0.1) is 10.6 Å². The number of pyridine rings is 1. The summed E-state index contributed by atoms with van der Waals surface area (Å²) >= 11 is 5.97. The van der Waals surface area contributed by atoms with E-state index in [2.05, 4.69) is 4.98 Å². The van der Waals surface area contributed by atoms with Crippen molar-refractivity contribution in [3.63, 3.8) is 0 Å². The van der Waals surface area contributed by atoms with Crippen molar-refractivity contribution in [2.75, 3.05) is 4.90 Å². The van der Waals surface area contributed by atoms with Gasteiger partial charge in [-0.15, -0.1) is 0 Å². The summed E-state index contributed by atoms with van der Waals surface area (Å²) in [4.78, 5) is 42.8. The Morgan fingerprint density at radius 3 is 2.61 bits per heavy atom. The molecule has 4 rings (SSSR count). The molecule has 2 aliphatic rings. The quantitative estimate of drug-likeness (QED) is 0.848. The topological polar surface area (TPSA) is 87.6 Å². The van der Waals surface area contributed by atoms with Gasteiger partial charge < -0.3 is 5.11 Å². The number of carboxylic acids is 1. The Hall–Kier alpha value is -2.99. The number of aromatic carboxylic acids is 1. The molecule has 0 saturated heterocycles. The van der Waals surface area contributed by atoms with Crippen molar-refractivity contribution in [3.8, 4) is 0 Å². The van der Waals surface area contributed by atoms with Crippen molar-refractivity contribution in [1.82, 2.24) is 4.98 Å². The van der Waals surface area contributed by atoms with Crippen molar-refractivity contribution in [1.29, 1.82) is 0 Å². The average Bonchev–Trinajstić information content (AvgIpc) is 2.69. The lowest BCUT2D eigenvalue weighted by atomic mass is 9.77. The molecule has 0 spiro atoms. The lowest BCUT2D eigenvalue weighted by molar-refractivity contribution is -0.119. The molecule has 1 atom stereocenters. The first-order chi connectivity index (χ1) is 13.5. The Bertz CT molecular complexity index is 1020. The molecule has 1 aliphatic heterocycles. The fraction of sp³-hybridized carbons (Fsp3) is 0.238. The summed E-state index contributed by atoms with van der Waals surface area (Å²) in [6, 6.07) is 8.12. The number of allylic oxidation sites excluding steroid dienone is 2. The molecule has 28 heavy (non-hydrogen) atoms. The molecule has 1 N–H and O–H groups in total. The molecular formula is C21H17ClN2O4. The van der Waals surface area contributed by atoms with Crippen LogP contribution in [0.25, 0.3) is 0 Å². The van der Waals surface area contributed by atoms with E-state index in [4.69, 9.17) is 11.6 Å². The molecule has 0 radical (unpaired) electrons. The van der Waals surface area contributed by atoms with Crippen LogP contribution < -0.4 is 4.90 Å². The molecule has 6 nitrogen and oxygen atoms in total. The van der Waals surface area contributed by atoms with Gasteiger partial charge in [-0.3, -0.25) is 19.5 Å². The van der Waals surface area contributed by atoms with Crippen LogP contribution >= 0.6 is 11.6 Å². The fourth-order valence-corrected chi connectivity index (χ4v) is 4.19. The summed E-state index contributed by atoms with van der Waals surface area (Å²) in [5.41, 5.74) is 2.53. The van der Waals surface area contributed by atoms with Crippen LogP contribution in [-0.4, -0.2) is 27.8 Å². The third-order valence-corrected chi connectivity index (χ3v) is 5.55. The van der Waals surface area contributed by atoms with E-state index in [9.17, 15) is 19.5 Å². The van der Waals surface area contributed by atoms with Gasteiger partial charge in [-0.05, 0) is 48.7 Å². The Labute approximate surface area is 166 Å². The minimum Gasteiger partial charge on any atom is -0.478 e. The predicted octanol–water partition coefficient (Wildman–Crippen LogP) is 3.96. The number of hydrogen-bond acceptors (Lipinski definition) is 4. The van der Waals surface area contributed by atoms with Gasteiger partial charge in [-0.25, -0.2) is 4.79 Å². The molecule has 0 saturated carbocycles. The SMILES string of the molecule is O=C1CCCC2=C1C(c1ccncc1)CC(=O)N2c1ccc(Cl)c(C(=O)O)c1. The number of amides is 1. The van der Waals surface area contributed by atoms with Gasteiger partial charge in [0.1, 0.15) is 0 Å². The first kappa shape index (κ1) is 18.4. The largest absolute Gasteiger partial charge is 0.478 e. The molecule has 1 aromatic carbocycles. The lowest BCUT2D eigenvalue weighted by Crippen LogP contribution is -2.40. The molecular weight excluding hydrogens is 380 g/mol. The molecule has 0 bridgehead atoms. The van der Waals surface area contributed by atoms with Crippen LogP contribution in [0.5, 0.6) is 0 Å². The summed E-state index contributed by atoms with van der Waals surface area (Å²) in [6.45, 7) is 0. The number of carbonyl (C=O) groups excluding carboxylic acids is 2. The van der Waals surface area contributed by atoms with E-state index in [1.165, 1.54) is 17.0 Å². The van der Waals surface area contributed by atoms with Crippen molar-refractivity contribution in [2.45, 2.75) is 31.6 Å².